The zero-order chi connectivity index (χ0) is 22.5. The summed E-state index contributed by atoms with van der Waals surface area (Å²) in [7, 11) is 3.24. The Labute approximate surface area is 188 Å². The number of aromatic nitrogens is 2. The van der Waals surface area contributed by atoms with Gasteiger partial charge in [-0.15, -0.1) is 10.2 Å². The van der Waals surface area contributed by atoms with Gasteiger partial charge in [-0.1, -0.05) is 18.5 Å². The topological polar surface area (TPSA) is 75.8 Å². The smallest absolute Gasteiger partial charge is 0.249 e. The Morgan fingerprint density at radius 1 is 1.19 bits per heavy atom. The van der Waals surface area contributed by atoms with Crippen LogP contribution in [0.4, 0.5) is 0 Å². The molecule has 0 bridgehead atoms. The number of halogens is 1. The number of hydrogen-bond acceptors (Lipinski definition) is 7. The van der Waals surface area contributed by atoms with Crippen LogP contribution in [0.2, 0.25) is 5.02 Å². The number of allylic oxidation sites excluding steroid dienone is 1. The summed E-state index contributed by atoms with van der Waals surface area (Å²) in [6, 6.07) is 1.84. The summed E-state index contributed by atoms with van der Waals surface area (Å²) in [5, 5.41) is 8.95. The van der Waals surface area contributed by atoms with Gasteiger partial charge >= 0.3 is 0 Å². The van der Waals surface area contributed by atoms with Gasteiger partial charge in [0.2, 0.25) is 11.8 Å². The van der Waals surface area contributed by atoms with Crippen LogP contribution in [0.25, 0.3) is 11.5 Å². The van der Waals surface area contributed by atoms with Crippen molar-refractivity contribution in [2.75, 3.05) is 27.4 Å². The van der Waals surface area contributed by atoms with Crippen LogP contribution in [0.15, 0.2) is 22.3 Å². The van der Waals surface area contributed by atoms with Gasteiger partial charge < -0.3 is 23.4 Å². The normalized spacial score (nSPS) is 28.6. The van der Waals surface area contributed by atoms with E-state index in [0.717, 1.165) is 18.4 Å². The molecule has 8 heteroatoms. The molecule has 1 aromatic carbocycles. The molecule has 1 fully saturated rings. The van der Waals surface area contributed by atoms with Crippen molar-refractivity contribution in [1.82, 2.24) is 10.2 Å². The van der Waals surface area contributed by atoms with Crippen molar-refractivity contribution < 1.29 is 24.7 Å². The lowest BCUT2D eigenvalue weighted by Gasteiger charge is -2.38. The molecule has 5 rings (SSSR count). The van der Waals surface area contributed by atoms with Crippen LogP contribution in [0, 0.1) is 5.92 Å². The Morgan fingerprint density at radius 2 is 2.00 bits per heavy atom. The largest absolute Gasteiger partial charge is 0.497 e. The lowest BCUT2D eigenvalue weighted by molar-refractivity contribution is 0.00900. The van der Waals surface area contributed by atoms with Crippen LogP contribution in [-0.4, -0.2) is 43.2 Å². The van der Waals surface area contributed by atoms with E-state index in [9.17, 15) is 0 Å². The molecule has 0 N–H and O–H groups in total. The van der Waals surface area contributed by atoms with Crippen LogP contribution in [-0.2, 0) is 15.9 Å². The molecule has 1 aromatic heterocycles. The first-order chi connectivity index (χ1) is 15.5. The second kappa shape index (κ2) is 8.02. The van der Waals surface area contributed by atoms with Crippen molar-refractivity contribution in [3.05, 3.63) is 34.4 Å². The summed E-state index contributed by atoms with van der Waals surface area (Å²) < 4.78 is 37.6. The summed E-state index contributed by atoms with van der Waals surface area (Å²) >= 11 is 6.86. The van der Waals surface area contributed by atoms with Crippen LogP contribution in [0.3, 0.4) is 0 Å². The van der Waals surface area contributed by atoms with E-state index >= 15 is 0 Å². The fourth-order valence-corrected chi connectivity index (χ4v) is 5.09. The summed E-state index contributed by atoms with van der Waals surface area (Å²) in [6.07, 6.45) is 4.44. The quantitative estimate of drug-likeness (QED) is 0.657. The monoisotopic (exact) mass is 447 g/mol. The van der Waals surface area contributed by atoms with E-state index in [4.69, 9.17) is 36.3 Å². The molecule has 1 aliphatic carbocycles. The zero-order valence-electron chi connectivity index (χ0n) is 18.9. The first-order valence-electron chi connectivity index (χ1n) is 11.2. The highest BCUT2D eigenvalue weighted by Gasteiger charge is 2.51. The fraction of sp³-hybridized carbons (Fsp3) is 0.565. The lowest BCUT2D eigenvalue weighted by atomic mass is 9.77. The molecule has 7 nitrogen and oxygen atoms in total. The lowest BCUT2D eigenvalue weighted by Crippen LogP contribution is -2.45. The van der Waals surface area contributed by atoms with Gasteiger partial charge in [0, 0.05) is 38.4 Å². The third kappa shape index (κ3) is 3.29. The second-order valence-corrected chi connectivity index (χ2v) is 8.73. The first kappa shape index (κ1) is 19.4. The zero-order valence-corrected chi connectivity index (χ0v) is 18.7. The van der Waals surface area contributed by atoms with Gasteiger partial charge in [-0.2, -0.15) is 0 Å². The minimum Gasteiger partial charge on any atom is -0.497 e. The van der Waals surface area contributed by atoms with Gasteiger partial charge in [0.25, 0.3) is 0 Å². The van der Waals surface area contributed by atoms with Gasteiger partial charge in [0.15, 0.2) is 5.60 Å². The molecule has 0 saturated carbocycles. The van der Waals surface area contributed by atoms with Crippen molar-refractivity contribution >= 4 is 11.6 Å². The van der Waals surface area contributed by atoms with Gasteiger partial charge in [0.1, 0.15) is 17.3 Å². The van der Waals surface area contributed by atoms with Gasteiger partial charge in [-0.3, -0.25) is 0 Å². The minimum atomic E-state index is -0.716. The van der Waals surface area contributed by atoms with Crippen LogP contribution >= 0.6 is 11.6 Å². The van der Waals surface area contributed by atoms with Crippen molar-refractivity contribution in [2.45, 2.75) is 50.5 Å². The Kier molecular flexibility index (Phi) is 5.03. The first-order valence-corrected chi connectivity index (χ1v) is 11.0. The Bertz CT molecular complexity index is 1050. The predicted octanol–water partition coefficient (Wildman–Crippen LogP) is 4.93. The van der Waals surface area contributed by atoms with Crippen molar-refractivity contribution in [1.29, 1.82) is 0 Å². The molecule has 2 aliphatic heterocycles. The molecule has 0 amide bonds. The number of rotatable bonds is 4. The predicted molar refractivity (Wildman–Crippen MR) is 115 cm³/mol. The maximum atomic E-state index is 8.20. The van der Waals surface area contributed by atoms with Crippen LogP contribution in [0.1, 0.15) is 51.3 Å². The van der Waals surface area contributed by atoms with E-state index in [1.165, 1.54) is 0 Å². The highest BCUT2D eigenvalue weighted by Crippen LogP contribution is 2.54. The van der Waals surface area contributed by atoms with E-state index in [1.807, 2.05) is 12.1 Å². The Hall–Kier alpha value is -2.25. The molecule has 2 aromatic rings. The van der Waals surface area contributed by atoms with E-state index in [-0.39, 0.29) is 18.2 Å². The van der Waals surface area contributed by atoms with Gasteiger partial charge in [-0.25, -0.2) is 0 Å². The molecule has 3 aliphatic rings. The number of fused-ring (bicyclic) bond motifs is 1. The minimum absolute atomic E-state index is 0.0603. The van der Waals surface area contributed by atoms with E-state index < -0.39 is 5.60 Å². The van der Waals surface area contributed by atoms with Crippen molar-refractivity contribution in [2.24, 2.45) is 5.92 Å². The molecule has 3 heterocycles. The summed E-state index contributed by atoms with van der Waals surface area (Å²) in [5.74, 6) is 3.05. The highest BCUT2D eigenvalue weighted by molar-refractivity contribution is 6.35. The average Bonchev–Trinajstić information content (AvgIpc) is 3.44. The maximum absolute atomic E-state index is 8.20. The molecule has 1 spiro atoms. The molecule has 1 saturated heterocycles. The van der Waals surface area contributed by atoms with Crippen LogP contribution in [0.5, 0.6) is 11.5 Å². The van der Waals surface area contributed by atoms with Crippen LogP contribution < -0.4 is 9.47 Å². The molecular formula is C23H27ClN2O5. The number of ether oxygens (including phenoxy) is 4. The summed E-state index contributed by atoms with van der Waals surface area (Å²) in [5.41, 5.74) is 0.741. The molecule has 0 radical (unpaired) electrons. The van der Waals surface area contributed by atoms with Crippen molar-refractivity contribution in [3.63, 3.8) is 0 Å². The Balaban J connectivity index is 1.55. The third-order valence-corrected chi connectivity index (χ3v) is 7.03. The average molecular weight is 448 g/mol. The summed E-state index contributed by atoms with van der Waals surface area (Å²) in [6.45, 7) is 3.47. The van der Waals surface area contributed by atoms with E-state index in [1.54, 1.807) is 14.2 Å². The maximum Gasteiger partial charge on any atom is 0.249 e. The molecule has 166 valence electrons. The third-order valence-electron chi connectivity index (χ3n) is 6.66. The van der Waals surface area contributed by atoms with Gasteiger partial charge in [0.05, 0.1) is 24.8 Å². The van der Waals surface area contributed by atoms with Gasteiger partial charge in [-0.05, 0) is 37.8 Å². The Morgan fingerprint density at radius 3 is 2.74 bits per heavy atom. The molecule has 31 heavy (non-hydrogen) atoms. The van der Waals surface area contributed by atoms with E-state index in [0.29, 0.717) is 65.7 Å². The standard InChI is InChI=1S/C23H27ClN2O5/c1-13-5-4-6-18(28-3)23(13)12-16-17(27-2)11-15(19(24)20(16)31-23)22-26-25-21(30-22)14-7-9-29-10-8-14/h6,11,13-14H,4-5,7-10,12H2,1-3H3/t13-,23+/m1/s1/i4D/t4?,13-,23+. The van der Waals surface area contributed by atoms with E-state index in [2.05, 4.69) is 17.1 Å². The number of methoxy groups -OCH3 is 2. The highest BCUT2D eigenvalue weighted by atomic mass is 35.5. The fourth-order valence-electron chi connectivity index (χ4n) is 4.80. The number of hydrogen-bond donors (Lipinski definition) is 0. The molecule has 3 atom stereocenters. The molecule has 1 unspecified atom stereocenters. The second-order valence-electron chi connectivity index (χ2n) is 8.36. The van der Waals surface area contributed by atoms with Crippen molar-refractivity contribution in [3.8, 4) is 23.0 Å². The number of nitrogens with zero attached hydrogens (tertiary/aromatic N) is 2. The summed E-state index contributed by atoms with van der Waals surface area (Å²) in [4.78, 5) is 0. The molecular weight excluding hydrogens is 420 g/mol. The SMILES string of the molecule is [2H]C1C=C(OC)[C@]2(Cc3c(OC)cc(-c4nnc(C5CCOCC5)o4)c(Cl)c3O2)[C@H](C)C1. The number of benzene rings is 1.